The molecule has 48 heavy (non-hydrogen) atoms. The molecule has 1 aliphatic heterocycles. The minimum Gasteiger partial charge on any atom is -0.293 e. The van der Waals surface area contributed by atoms with E-state index in [1.165, 1.54) is 0 Å². The summed E-state index contributed by atoms with van der Waals surface area (Å²) in [6.45, 7) is 0. The third kappa shape index (κ3) is 3.94. The van der Waals surface area contributed by atoms with Gasteiger partial charge in [-0.05, 0) is 35.7 Å². The van der Waals surface area contributed by atoms with Gasteiger partial charge in [-0.15, -0.1) is 0 Å². The van der Waals surface area contributed by atoms with Gasteiger partial charge in [-0.25, -0.2) is 15.0 Å². The molecule has 1 aliphatic rings. The molecule has 0 bridgehead atoms. The highest BCUT2D eigenvalue weighted by Gasteiger charge is 2.32. The van der Waals surface area contributed by atoms with Crippen LogP contribution in [0.2, 0.25) is 0 Å². The number of benzene rings is 6. The molecule has 5 heteroatoms. The van der Waals surface area contributed by atoms with Crippen molar-refractivity contribution in [1.82, 2.24) is 19.5 Å². The van der Waals surface area contributed by atoms with E-state index in [2.05, 4.69) is 155 Å². The number of rotatable bonds is 3. The number of hydrogen-bond acceptors (Lipinski definition) is 4. The Morgan fingerprint density at radius 1 is 0.500 bits per heavy atom. The fourth-order valence-corrected chi connectivity index (χ4v) is 7.27. The molecule has 0 saturated heterocycles. The Morgan fingerprint density at radius 3 is 2.00 bits per heavy atom. The lowest BCUT2D eigenvalue weighted by Crippen LogP contribution is -2.15. The number of hydrogen-bond donors (Lipinski definition) is 0. The van der Waals surface area contributed by atoms with Crippen LogP contribution in [-0.2, 0) is 0 Å². The van der Waals surface area contributed by atoms with Crippen LogP contribution in [0.25, 0.3) is 72.0 Å². The molecule has 3 aromatic heterocycles. The molecular weight excluding hydrogens is 587 g/mol. The van der Waals surface area contributed by atoms with Gasteiger partial charge in [-0.1, -0.05) is 127 Å². The third-order valence-corrected chi connectivity index (χ3v) is 9.37. The summed E-state index contributed by atoms with van der Waals surface area (Å²) in [6, 6.07) is 55.1. The van der Waals surface area contributed by atoms with Gasteiger partial charge in [0.15, 0.2) is 0 Å². The maximum Gasteiger partial charge on any atom is 0.235 e. The van der Waals surface area contributed by atoms with E-state index < -0.39 is 0 Å². The largest absolute Gasteiger partial charge is 0.293 e. The quantitative estimate of drug-likeness (QED) is 0.199. The van der Waals surface area contributed by atoms with Crippen molar-refractivity contribution >= 4 is 49.9 Å². The summed E-state index contributed by atoms with van der Waals surface area (Å²) in [5.74, 6) is 1.50. The van der Waals surface area contributed by atoms with Crippen molar-refractivity contribution in [2.24, 2.45) is 0 Å². The highest BCUT2D eigenvalue weighted by atomic mass is 15.3. The molecule has 0 aliphatic carbocycles. The molecular formula is C43H27N5. The molecule has 10 rings (SSSR count). The van der Waals surface area contributed by atoms with E-state index >= 15 is 0 Å². The Hall–Kier alpha value is -6.59. The van der Waals surface area contributed by atoms with Crippen molar-refractivity contribution < 1.29 is 0 Å². The van der Waals surface area contributed by atoms with Crippen molar-refractivity contribution in [2.75, 3.05) is 4.90 Å². The van der Waals surface area contributed by atoms with Crippen LogP contribution < -0.4 is 4.90 Å². The van der Waals surface area contributed by atoms with Crippen LogP contribution in [-0.4, -0.2) is 19.5 Å². The smallest absolute Gasteiger partial charge is 0.235 e. The second-order valence-electron chi connectivity index (χ2n) is 12.1. The van der Waals surface area contributed by atoms with Crippen molar-refractivity contribution in [1.29, 1.82) is 0 Å². The summed E-state index contributed by atoms with van der Waals surface area (Å²) in [4.78, 5) is 17.9. The lowest BCUT2D eigenvalue weighted by Gasteiger charge is -2.26. The Labute approximate surface area is 277 Å². The molecule has 0 radical (unpaired) electrons. The van der Waals surface area contributed by atoms with E-state index in [0.29, 0.717) is 5.95 Å². The van der Waals surface area contributed by atoms with Gasteiger partial charge in [0.25, 0.3) is 0 Å². The maximum absolute atomic E-state index is 5.35. The number of aromatic nitrogens is 4. The highest BCUT2D eigenvalue weighted by molar-refractivity contribution is 6.13. The molecule has 224 valence electrons. The number of pyridine rings is 1. The van der Waals surface area contributed by atoms with E-state index in [1.807, 2.05) is 18.3 Å². The SMILES string of the molecule is c1ccc(-c2nc(N3c4ccccc4-c4c(n(-c5cc6ccccc6cn5)c5ccccc45)-c4ccccc43)nc3ccccc23)cc1. The first-order chi connectivity index (χ1) is 23.8. The number of para-hydroxylation sites is 4. The number of anilines is 3. The maximum atomic E-state index is 5.35. The van der Waals surface area contributed by atoms with E-state index in [9.17, 15) is 0 Å². The Bertz CT molecular complexity index is 2690. The molecule has 4 heterocycles. The van der Waals surface area contributed by atoms with Crippen LogP contribution in [0.1, 0.15) is 0 Å². The monoisotopic (exact) mass is 613 g/mol. The van der Waals surface area contributed by atoms with Crippen molar-refractivity contribution in [2.45, 2.75) is 0 Å². The normalized spacial score (nSPS) is 12.1. The molecule has 0 spiro atoms. The van der Waals surface area contributed by atoms with Crippen LogP contribution >= 0.6 is 0 Å². The Morgan fingerprint density at radius 2 is 1.15 bits per heavy atom. The van der Waals surface area contributed by atoms with Crippen LogP contribution in [0.15, 0.2) is 164 Å². The van der Waals surface area contributed by atoms with Gasteiger partial charge in [0.2, 0.25) is 5.95 Å². The van der Waals surface area contributed by atoms with Gasteiger partial charge in [0.1, 0.15) is 5.82 Å². The average molecular weight is 614 g/mol. The van der Waals surface area contributed by atoms with Crippen molar-refractivity contribution in [3.63, 3.8) is 0 Å². The van der Waals surface area contributed by atoms with Crippen LogP contribution in [0, 0.1) is 0 Å². The average Bonchev–Trinajstić information content (AvgIpc) is 3.44. The summed E-state index contributed by atoms with van der Waals surface area (Å²) >= 11 is 0. The first kappa shape index (κ1) is 26.6. The first-order valence-corrected chi connectivity index (χ1v) is 16.1. The lowest BCUT2D eigenvalue weighted by atomic mass is 9.98. The zero-order valence-electron chi connectivity index (χ0n) is 25.8. The van der Waals surface area contributed by atoms with Crippen LogP contribution in [0.5, 0.6) is 0 Å². The molecule has 0 fully saturated rings. The summed E-state index contributed by atoms with van der Waals surface area (Å²) in [5.41, 5.74) is 10.4. The third-order valence-electron chi connectivity index (χ3n) is 9.37. The van der Waals surface area contributed by atoms with Crippen LogP contribution in [0.3, 0.4) is 0 Å². The zero-order chi connectivity index (χ0) is 31.6. The van der Waals surface area contributed by atoms with E-state index in [-0.39, 0.29) is 0 Å². The van der Waals surface area contributed by atoms with Gasteiger partial charge in [0, 0.05) is 44.6 Å². The number of fused-ring (bicyclic) bond motifs is 9. The summed E-state index contributed by atoms with van der Waals surface area (Å²) in [7, 11) is 0. The molecule has 6 aromatic carbocycles. The molecule has 0 atom stereocenters. The molecule has 0 amide bonds. The minimum absolute atomic E-state index is 0.622. The van der Waals surface area contributed by atoms with Gasteiger partial charge in [0.05, 0.1) is 33.8 Å². The van der Waals surface area contributed by atoms with E-state index in [4.69, 9.17) is 15.0 Å². The molecule has 0 unspecified atom stereocenters. The molecule has 0 N–H and O–H groups in total. The van der Waals surface area contributed by atoms with Gasteiger partial charge < -0.3 is 0 Å². The lowest BCUT2D eigenvalue weighted by molar-refractivity contribution is 1.06. The molecule has 9 aromatic rings. The first-order valence-electron chi connectivity index (χ1n) is 16.1. The molecule has 0 saturated carbocycles. The highest BCUT2D eigenvalue weighted by Crippen LogP contribution is 2.54. The Balaban J connectivity index is 1.32. The minimum atomic E-state index is 0.622. The second kappa shape index (κ2) is 10.5. The topological polar surface area (TPSA) is 46.8 Å². The van der Waals surface area contributed by atoms with E-state index in [0.717, 1.165) is 83.4 Å². The predicted molar refractivity (Wildman–Crippen MR) is 196 cm³/mol. The van der Waals surface area contributed by atoms with Gasteiger partial charge in [-0.2, -0.15) is 0 Å². The van der Waals surface area contributed by atoms with Crippen LogP contribution in [0.4, 0.5) is 17.3 Å². The zero-order valence-corrected chi connectivity index (χ0v) is 25.8. The fraction of sp³-hybridized carbons (Fsp3) is 0. The summed E-state index contributed by atoms with van der Waals surface area (Å²) in [6.07, 6.45) is 1.97. The standard InChI is InChI=1S/C43H27N5/c1-2-14-28(15-3-1)41-31-18-6-10-22-35(31)45-43(46-41)47-36-23-11-7-19-32(36)40-33-20-8-12-24-37(33)48(42(40)34-21-9-13-25-38(34)47)39-26-29-16-4-5-17-30(29)27-44-39/h1-27H. The van der Waals surface area contributed by atoms with Gasteiger partial charge >= 0.3 is 0 Å². The summed E-state index contributed by atoms with van der Waals surface area (Å²) < 4.78 is 2.33. The van der Waals surface area contributed by atoms with Crippen molar-refractivity contribution in [3.05, 3.63) is 164 Å². The van der Waals surface area contributed by atoms with Gasteiger partial charge in [-0.3, -0.25) is 9.47 Å². The molecule has 5 nitrogen and oxygen atoms in total. The Kier molecular flexibility index (Phi) is 5.81. The fourth-order valence-electron chi connectivity index (χ4n) is 7.27. The second-order valence-corrected chi connectivity index (χ2v) is 12.1. The number of nitrogens with zero attached hydrogens (tertiary/aromatic N) is 5. The van der Waals surface area contributed by atoms with Crippen molar-refractivity contribution in [3.8, 4) is 39.5 Å². The summed E-state index contributed by atoms with van der Waals surface area (Å²) in [5, 5.41) is 4.45. The van der Waals surface area contributed by atoms with E-state index in [1.54, 1.807) is 0 Å². The predicted octanol–water partition coefficient (Wildman–Crippen LogP) is 10.9.